The number of hydrogen-bond donors (Lipinski definition) is 2. The van der Waals surface area contributed by atoms with Gasteiger partial charge in [-0.15, -0.1) is 12.4 Å². The number of rotatable bonds is 7. The maximum Gasteiger partial charge on any atom is 0.224 e. The molecule has 2 aromatic carbocycles. The molecule has 0 spiro atoms. The van der Waals surface area contributed by atoms with Crippen molar-refractivity contribution in [1.29, 1.82) is 0 Å². The number of methoxy groups -OCH3 is 1. The van der Waals surface area contributed by atoms with Crippen LogP contribution in [-0.4, -0.2) is 19.6 Å². The zero-order valence-electron chi connectivity index (χ0n) is 14.4. The van der Waals surface area contributed by atoms with Crippen molar-refractivity contribution in [3.8, 4) is 5.75 Å². The molecule has 6 heteroatoms. The van der Waals surface area contributed by atoms with Crippen LogP contribution in [0.3, 0.4) is 0 Å². The van der Waals surface area contributed by atoms with Gasteiger partial charge in [0.25, 0.3) is 0 Å². The van der Waals surface area contributed by atoms with Gasteiger partial charge in [0.15, 0.2) is 11.6 Å². The van der Waals surface area contributed by atoms with Gasteiger partial charge in [-0.3, -0.25) is 4.79 Å². The van der Waals surface area contributed by atoms with Gasteiger partial charge in [-0.25, -0.2) is 4.39 Å². The predicted octanol–water partition coefficient (Wildman–Crippen LogP) is 3.25. The molecule has 2 atom stereocenters. The van der Waals surface area contributed by atoms with E-state index < -0.39 is 5.82 Å². The SMILES string of the molecule is COc1ccc(CCNC(=O)C(C)C(N)c2ccccc2)cc1F.Cl. The van der Waals surface area contributed by atoms with Gasteiger partial charge >= 0.3 is 0 Å². The van der Waals surface area contributed by atoms with Gasteiger partial charge in [0.05, 0.1) is 13.0 Å². The molecule has 2 rings (SSSR count). The molecule has 2 unspecified atom stereocenters. The molecular weight excluding hydrogens is 343 g/mol. The summed E-state index contributed by atoms with van der Waals surface area (Å²) in [6, 6.07) is 14.0. The number of halogens is 2. The van der Waals surface area contributed by atoms with Crippen molar-refractivity contribution in [3.05, 3.63) is 65.5 Å². The summed E-state index contributed by atoms with van der Waals surface area (Å²) in [4.78, 5) is 12.2. The van der Waals surface area contributed by atoms with Crippen LogP contribution in [0.4, 0.5) is 4.39 Å². The van der Waals surface area contributed by atoms with Crippen LogP contribution in [-0.2, 0) is 11.2 Å². The number of nitrogens with one attached hydrogen (secondary N) is 1. The number of benzene rings is 2. The van der Waals surface area contributed by atoms with Crippen LogP contribution in [0.25, 0.3) is 0 Å². The van der Waals surface area contributed by atoms with Crippen molar-refractivity contribution in [1.82, 2.24) is 5.32 Å². The third-order valence-corrected chi connectivity index (χ3v) is 4.07. The first-order valence-corrected chi connectivity index (χ1v) is 7.93. The lowest BCUT2D eigenvalue weighted by atomic mass is 9.94. The second-order valence-corrected chi connectivity index (χ2v) is 5.74. The summed E-state index contributed by atoms with van der Waals surface area (Å²) in [7, 11) is 1.43. The summed E-state index contributed by atoms with van der Waals surface area (Å²) in [6.45, 7) is 2.23. The Morgan fingerprint density at radius 3 is 2.52 bits per heavy atom. The Bertz CT molecular complexity index is 682. The van der Waals surface area contributed by atoms with Gasteiger partial charge in [-0.1, -0.05) is 43.3 Å². The summed E-state index contributed by atoms with van der Waals surface area (Å²) in [5.74, 6) is -0.647. The molecule has 0 saturated heterocycles. The molecule has 25 heavy (non-hydrogen) atoms. The van der Waals surface area contributed by atoms with E-state index in [1.807, 2.05) is 30.3 Å². The number of carbonyl (C=O) groups excluding carboxylic acids is 1. The Labute approximate surface area is 154 Å². The Morgan fingerprint density at radius 2 is 1.92 bits per heavy atom. The van der Waals surface area contributed by atoms with E-state index in [0.29, 0.717) is 13.0 Å². The second-order valence-electron chi connectivity index (χ2n) is 5.74. The molecule has 0 radical (unpaired) electrons. The predicted molar refractivity (Wildman–Crippen MR) is 99.4 cm³/mol. The van der Waals surface area contributed by atoms with E-state index in [0.717, 1.165) is 11.1 Å². The van der Waals surface area contributed by atoms with Crippen LogP contribution in [0.5, 0.6) is 5.75 Å². The number of hydrogen-bond acceptors (Lipinski definition) is 3. The van der Waals surface area contributed by atoms with Crippen LogP contribution in [0.2, 0.25) is 0 Å². The number of amides is 1. The summed E-state index contributed by atoms with van der Waals surface area (Å²) in [5.41, 5.74) is 7.88. The molecular formula is C19H24ClFN2O2. The van der Waals surface area contributed by atoms with Crippen LogP contribution in [0, 0.1) is 11.7 Å². The molecule has 0 bridgehead atoms. The molecule has 2 aromatic rings. The fourth-order valence-corrected chi connectivity index (χ4v) is 2.48. The van der Waals surface area contributed by atoms with Crippen LogP contribution >= 0.6 is 12.4 Å². The molecule has 0 aliphatic carbocycles. The first kappa shape index (κ1) is 20.9. The maximum atomic E-state index is 13.6. The largest absolute Gasteiger partial charge is 0.494 e. The van der Waals surface area contributed by atoms with E-state index in [1.54, 1.807) is 19.1 Å². The van der Waals surface area contributed by atoms with Gasteiger partial charge in [0.2, 0.25) is 5.91 Å². The van der Waals surface area contributed by atoms with Crippen molar-refractivity contribution in [2.24, 2.45) is 11.7 Å². The Morgan fingerprint density at radius 1 is 1.24 bits per heavy atom. The molecule has 0 aromatic heterocycles. The minimum atomic E-state index is -0.402. The van der Waals surface area contributed by atoms with Gasteiger partial charge in [0, 0.05) is 12.6 Å². The molecule has 0 fully saturated rings. The van der Waals surface area contributed by atoms with Gasteiger partial charge < -0.3 is 15.8 Å². The molecule has 0 saturated carbocycles. The van der Waals surface area contributed by atoms with Crippen molar-refractivity contribution >= 4 is 18.3 Å². The molecule has 3 N–H and O–H groups in total. The highest BCUT2D eigenvalue weighted by atomic mass is 35.5. The standard InChI is InChI=1S/C19H23FN2O2.ClH/c1-13(18(21)15-6-4-3-5-7-15)19(23)22-11-10-14-8-9-17(24-2)16(20)12-14;/h3-9,12-13,18H,10-11,21H2,1-2H3,(H,22,23);1H. The third-order valence-electron chi connectivity index (χ3n) is 4.07. The van der Waals surface area contributed by atoms with E-state index >= 15 is 0 Å². The minimum Gasteiger partial charge on any atom is -0.494 e. The fourth-order valence-electron chi connectivity index (χ4n) is 2.48. The molecule has 0 aliphatic heterocycles. The van der Waals surface area contributed by atoms with Crippen molar-refractivity contribution < 1.29 is 13.9 Å². The average Bonchev–Trinajstić information content (AvgIpc) is 2.61. The highest BCUT2D eigenvalue weighted by molar-refractivity contribution is 5.85. The van der Waals surface area contributed by atoms with Crippen molar-refractivity contribution in [2.45, 2.75) is 19.4 Å². The molecule has 136 valence electrons. The van der Waals surface area contributed by atoms with Crippen LogP contribution in [0.1, 0.15) is 24.1 Å². The lowest BCUT2D eigenvalue weighted by Gasteiger charge is -2.19. The van der Waals surface area contributed by atoms with Crippen LogP contribution in [0.15, 0.2) is 48.5 Å². The summed E-state index contributed by atoms with van der Waals surface area (Å²) >= 11 is 0. The number of carbonyl (C=O) groups is 1. The smallest absolute Gasteiger partial charge is 0.224 e. The first-order valence-electron chi connectivity index (χ1n) is 7.93. The third kappa shape index (κ3) is 5.73. The van der Waals surface area contributed by atoms with E-state index in [2.05, 4.69) is 5.32 Å². The van der Waals surface area contributed by atoms with E-state index in [4.69, 9.17) is 10.5 Å². The molecule has 4 nitrogen and oxygen atoms in total. The average molecular weight is 367 g/mol. The lowest BCUT2D eigenvalue weighted by Crippen LogP contribution is -2.36. The Hall–Kier alpha value is -2.11. The summed E-state index contributed by atoms with van der Waals surface area (Å²) in [6.07, 6.45) is 0.542. The Kier molecular flexibility index (Phi) is 8.38. The number of nitrogens with two attached hydrogens (primary N) is 1. The zero-order chi connectivity index (χ0) is 17.5. The number of ether oxygens (including phenoxy) is 1. The Balaban J connectivity index is 0.00000312. The zero-order valence-corrected chi connectivity index (χ0v) is 15.2. The van der Waals surface area contributed by atoms with E-state index in [1.165, 1.54) is 13.2 Å². The normalized spacial score (nSPS) is 12.6. The topological polar surface area (TPSA) is 64.3 Å². The summed E-state index contributed by atoms with van der Waals surface area (Å²) in [5, 5.41) is 2.86. The molecule has 0 aliphatic rings. The van der Waals surface area contributed by atoms with E-state index in [-0.39, 0.29) is 36.0 Å². The van der Waals surface area contributed by atoms with E-state index in [9.17, 15) is 9.18 Å². The van der Waals surface area contributed by atoms with Gasteiger partial charge in [-0.2, -0.15) is 0 Å². The minimum absolute atomic E-state index is 0. The molecule has 0 heterocycles. The fraction of sp³-hybridized carbons (Fsp3) is 0.316. The van der Waals surface area contributed by atoms with Gasteiger partial charge in [0.1, 0.15) is 0 Å². The van der Waals surface area contributed by atoms with Crippen molar-refractivity contribution in [2.75, 3.05) is 13.7 Å². The highest BCUT2D eigenvalue weighted by Gasteiger charge is 2.21. The first-order chi connectivity index (χ1) is 11.5. The van der Waals surface area contributed by atoms with Crippen molar-refractivity contribution in [3.63, 3.8) is 0 Å². The molecule has 1 amide bonds. The van der Waals surface area contributed by atoms with Gasteiger partial charge in [-0.05, 0) is 29.7 Å². The quantitative estimate of drug-likeness (QED) is 0.790. The lowest BCUT2D eigenvalue weighted by molar-refractivity contribution is -0.125. The summed E-state index contributed by atoms with van der Waals surface area (Å²) < 4.78 is 18.5. The highest BCUT2D eigenvalue weighted by Crippen LogP contribution is 2.19. The monoisotopic (exact) mass is 366 g/mol. The van der Waals surface area contributed by atoms with Crippen LogP contribution < -0.4 is 15.8 Å². The second kappa shape index (κ2) is 10.0. The maximum absolute atomic E-state index is 13.6.